The van der Waals surface area contributed by atoms with Crippen LogP contribution >= 0.6 is 11.8 Å². The van der Waals surface area contributed by atoms with Crippen LogP contribution in [0.1, 0.15) is 16.8 Å². The molecule has 3 rings (SSSR count). The standard InChI is InChI=1S/C19H17N3O4S/c1-22-16(23)11-15(27-19(22)21-13-7-3-2-4-8-13)17(24)20-14-9-5-6-12(10-14)18(25)26/h2-10,15H,11H2,1H3,(H,20,24)(H,25,26). The molecule has 1 unspecified atom stereocenters. The Hall–Kier alpha value is -3.13. The van der Waals surface area contributed by atoms with Gasteiger partial charge in [0.25, 0.3) is 0 Å². The minimum absolute atomic E-state index is 0.0411. The van der Waals surface area contributed by atoms with E-state index in [4.69, 9.17) is 5.11 Å². The van der Waals surface area contributed by atoms with Gasteiger partial charge in [-0.05, 0) is 30.3 Å². The van der Waals surface area contributed by atoms with E-state index in [2.05, 4.69) is 10.3 Å². The van der Waals surface area contributed by atoms with E-state index in [9.17, 15) is 14.4 Å². The molecule has 1 aliphatic rings. The maximum Gasteiger partial charge on any atom is 0.335 e. The van der Waals surface area contributed by atoms with Crippen molar-refractivity contribution in [2.45, 2.75) is 11.7 Å². The van der Waals surface area contributed by atoms with E-state index in [1.807, 2.05) is 30.3 Å². The Balaban J connectivity index is 1.77. The van der Waals surface area contributed by atoms with Gasteiger partial charge >= 0.3 is 5.97 Å². The molecule has 2 amide bonds. The second-order valence-corrected chi connectivity index (χ2v) is 7.04. The van der Waals surface area contributed by atoms with Gasteiger partial charge in [-0.2, -0.15) is 0 Å². The van der Waals surface area contributed by atoms with Crippen LogP contribution in [0.5, 0.6) is 0 Å². The van der Waals surface area contributed by atoms with Crippen LogP contribution < -0.4 is 5.32 Å². The third-order valence-corrected chi connectivity index (χ3v) is 5.16. The van der Waals surface area contributed by atoms with Gasteiger partial charge in [0.1, 0.15) is 5.25 Å². The Labute approximate surface area is 160 Å². The Bertz CT molecular complexity index is 914. The van der Waals surface area contributed by atoms with E-state index in [1.165, 1.54) is 28.8 Å². The smallest absolute Gasteiger partial charge is 0.335 e. The quantitative estimate of drug-likeness (QED) is 0.846. The lowest BCUT2D eigenvalue weighted by molar-refractivity contribution is -0.128. The lowest BCUT2D eigenvalue weighted by Crippen LogP contribution is -2.43. The zero-order valence-corrected chi connectivity index (χ0v) is 15.3. The fourth-order valence-electron chi connectivity index (χ4n) is 2.46. The zero-order chi connectivity index (χ0) is 19.4. The zero-order valence-electron chi connectivity index (χ0n) is 14.5. The minimum Gasteiger partial charge on any atom is -0.478 e. The Kier molecular flexibility index (Phi) is 5.56. The predicted molar refractivity (Wildman–Crippen MR) is 104 cm³/mol. The van der Waals surface area contributed by atoms with Gasteiger partial charge in [0.2, 0.25) is 11.8 Å². The van der Waals surface area contributed by atoms with Crippen molar-refractivity contribution in [1.29, 1.82) is 0 Å². The lowest BCUT2D eigenvalue weighted by atomic mass is 10.2. The molecular weight excluding hydrogens is 366 g/mol. The molecule has 1 aliphatic heterocycles. The number of amidine groups is 1. The molecule has 0 aliphatic carbocycles. The summed E-state index contributed by atoms with van der Waals surface area (Å²) in [5.41, 5.74) is 1.13. The van der Waals surface area contributed by atoms with Crippen LogP contribution in [-0.2, 0) is 9.59 Å². The van der Waals surface area contributed by atoms with Crippen LogP contribution in [0.4, 0.5) is 11.4 Å². The summed E-state index contributed by atoms with van der Waals surface area (Å²) in [6, 6.07) is 15.1. The van der Waals surface area contributed by atoms with Gasteiger partial charge < -0.3 is 10.4 Å². The number of hydrogen-bond acceptors (Lipinski definition) is 5. The van der Waals surface area contributed by atoms with Crippen LogP contribution in [0.3, 0.4) is 0 Å². The highest BCUT2D eigenvalue weighted by Crippen LogP contribution is 2.29. The summed E-state index contributed by atoms with van der Waals surface area (Å²) in [7, 11) is 1.63. The lowest BCUT2D eigenvalue weighted by Gasteiger charge is -2.28. The molecule has 0 saturated carbocycles. The predicted octanol–water partition coefficient (Wildman–Crippen LogP) is 2.97. The van der Waals surface area contributed by atoms with Crippen LogP contribution in [0.15, 0.2) is 59.6 Å². The summed E-state index contributed by atoms with van der Waals surface area (Å²) in [4.78, 5) is 41.8. The molecule has 27 heavy (non-hydrogen) atoms. The monoisotopic (exact) mass is 383 g/mol. The van der Waals surface area contributed by atoms with Gasteiger partial charge in [-0.3, -0.25) is 14.5 Å². The fourth-order valence-corrected chi connectivity index (χ4v) is 3.53. The molecule has 8 heteroatoms. The van der Waals surface area contributed by atoms with E-state index in [1.54, 1.807) is 19.2 Å². The summed E-state index contributed by atoms with van der Waals surface area (Å²) in [5.74, 6) is -1.65. The normalized spacial score (nSPS) is 18.4. The van der Waals surface area contributed by atoms with Crippen LogP contribution in [0.25, 0.3) is 0 Å². The second kappa shape index (κ2) is 8.05. The van der Waals surface area contributed by atoms with Gasteiger partial charge in [0, 0.05) is 19.2 Å². The number of thioether (sulfide) groups is 1. The third-order valence-electron chi connectivity index (χ3n) is 3.92. The Morgan fingerprint density at radius 1 is 1.19 bits per heavy atom. The maximum absolute atomic E-state index is 12.6. The summed E-state index contributed by atoms with van der Waals surface area (Å²) >= 11 is 1.20. The average Bonchev–Trinajstić information content (AvgIpc) is 2.66. The highest BCUT2D eigenvalue weighted by Gasteiger charge is 2.34. The molecule has 2 aromatic rings. The number of carbonyl (C=O) groups excluding carboxylic acids is 2. The van der Waals surface area contributed by atoms with Gasteiger partial charge in [-0.1, -0.05) is 36.0 Å². The summed E-state index contributed by atoms with van der Waals surface area (Å²) in [6.07, 6.45) is 0.0411. The second-order valence-electron chi connectivity index (χ2n) is 5.87. The van der Waals surface area contributed by atoms with Crippen molar-refractivity contribution in [1.82, 2.24) is 4.90 Å². The largest absolute Gasteiger partial charge is 0.478 e. The molecule has 1 fully saturated rings. The van der Waals surface area contributed by atoms with Crippen molar-refractivity contribution >= 4 is 46.1 Å². The molecule has 0 radical (unpaired) electrons. The summed E-state index contributed by atoms with van der Waals surface area (Å²) in [6.45, 7) is 0. The average molecular weight is 383 g/mol. The van der Waals surface area contributed by atoms with Crippen molar-refractivity contribution in [3.63, 3.8) is 0 Å². The number of benzene rings is 2. The number of rotatable bonds is 4. The summed E-state index contributed by atoms with van der Waals surface area (Å²) in [5, 5.41) is 11.5. The van der Waals surface area contributed by atoms with Crippen molar-refractivity contribution < 1.29 is 19.5 Å². The number of aliphatic imine (C=N–C) groups is 1. The molecular formula is C19H17N3O4S. The van der Waals surface area contributed by atoms with E-state index in [0.717, 1.165) is 0 Å². The summed E-state index contributed by atoms with van der Waals surface area (Å²) < 4.78 is 0. The Morgan fingerprint density at radius 2 is 1.93 bits per heavy atom. The Morgan fingerprint density at radius 3 is 2.63 bits per heavy atom. The van der Waals surface area contributed by atoms with Gasteiger partial charge in [0.15, 0.2) is 5.17 Å². The molecule has 7 nitrogen and oxygen atoms in total. The maximum atomic E-state index is 12.6. The van der Waals surface area contributed by atoms with Gasteiger partial charge in [0.05, 0.1) is 11.3 Å². The first-order chi connectivity index (χ1) is 12.9. The first-order valence-corrected chi connectivity index (χ1v) is 9.03. The molecule has 1 saturated heterocycles. The van der Waals surface area contributed by atoms with Crippen molar-refractivity contribution in [2.75, 3.05) is 12.4 Å². The SMILES string of the molecule is CN1C(=O)CC(C(=O)Nc2cccc(C(=O)O)c2)SC1=Nc1ccccc1. The highest BCUT2D eigenvalue weighted by atomic mass is 32.2. The van der Waals surface area contributed by atoms with Crippen molar-refractivity contribution in [2.24, 2.45) is 4.99 Å². The van der Waals surface area contributed by atoms with E-state index >= 15 is 0 Å². The van der Waals surface area contributed by atoms with Gasteiger partial charge in [-0.15, -0.1) is 0 Å². The minimum atomic E-state index is -1.08. The molecule has 2 N–H and O–H groups in total. The number of carbonyl (C=O) groups is 3. The first kappa shape index (κ1) is 18.7. The number of hydrogen-bond donors (Lipinski definition) is 2. The van der Waals surface area contributed by atoms with E-state index < -0.39 is 11.2 Å². The van der Waals surface area contributed by atoms with Crippen molar-refractivity contribution in [3.8, 4) is 0 Å². The molecule has 0 bridgehead atoms. The van der Waals surface area contributed by atoms with Gasteiger partial charge in [-0.25, -0.2) is 9.79 Å². The number of amides is 2. The molecule has 0 aromatic heterocycles. The number of nitrogens with zero attached hydrogens (tertiary/aromatic N) is 2. The molecule has 1 heterocycles. The molecule has 2 aromatic carbocycles. The van der Waals surface area contributed by atoms with Crippen LogP contribution in [0, 0.1) is 0 Å². The number of aromatic carboxylic acids is 1. The third kappa shape index (κ3) is 4.53. The van der Waals surface area contributed by atoms with Crippen molar-refractivity contribution in [3.05, 3.63) is 60.2 Å². The van der Waals surface area contributed by atoms with E-state index in [-0.39, 0.29) is 23.8 Å². The molecule has 0 spiro atoms. The van der Waals surface area contributed by atoms with Crippen LogP contribution in [0.2, 0.25) is 0 Å². The topological polar surface area (TPSA) is 99.1 Å². The number of carboxylic acid groups (broad SMARTS) is 1. The molecule has 1 atom stereocenters. The number of nitrogens with one attached hydrogen (secondary N) is 1. The fraction of sp³-hybridized carbons (Fsp3) is 0.158. The number of carboxylic acids is 1. The van der Waals surface area contributed by atoms with Crippen LogP contribution in [-0.4, -0.2) is 45.3 Å². The number of para-hydroxylation sites is 1. The highest BCUT2D eigenvalue weighted by molar-refractivity contribution is 8.15. The molecule has 138 valence electrons. The first-order valence-electron chi connectivity index (χ1n) is 8.15. The van der Waals surface area contributed by atoms with E-state index in [0.29, 0.717) is 16.5 Å². The number of anilines is 1.